The highest BCUT2D eigenvalue weighted by Gasteiger charge is 2.30. The second kappa shape index (κ2) is 6.62. The number of carbonyl (C=O) groups is 1. The summed E-state index contributed by atoms with van der Waals surface area (Å²) >= 11 is 5.81. The van der Waals surface area contributed by atoms with Crippen molar-refractivity contribution in [3.63, 3.8) is 0 Å². The zero-order chi connectivity index (χ0) is 13.7. The molecule has 1 fully saturated rings. The molecule has 1 heterocycles. The summed E-state index contributed by atoms with van der Waals surface area (Å²) in [7, 11) is 0. The molecule has 1 atom stereocenters. The molecule has 4 nitrogen and oxygen atoms in total. The van der Waals surface area contributed by atoms with Crippen LogP contribution in [0.3, 0.4) is 0 Å². The standard InChI is InChI=1S/C13H19N2O2PS/c14-13(16)11-15-9-5-2-6-10-17-18(15,19)12-7-3-1-4-8-12/h1,3-4,7-8H,2,5-6,9-11H2,(H2,14,16). The monoisotopic (exact) mass is 298 g/mol. The Kier molecular flexibility index (Phi) is 5.11. The Hall–Kier alpha value is -0.740. The van der Waals surface area contributed by atoms with E-state index in [1.54, 1.807) is 0 Å². The Labute approximate surface area is 119 Å². The molecule has 2 N–H and O–H groups in total. The summed E-state index contributed by atoms with van der Waals surface area (Å²) < 4.78 is 7.99. The Morgan fingerprint density at radius 1 is 1.32 bits per heavy atom. The van der Waals surface area contributed by atoms with E-state index in [9.17, 15) is 4.79 Å². The third kappa shape index (κ3) is 3.63. The summed E-state index contributed by atoms with van der Waals surface area (Å²) in [6.07, 6.45) is 0.815. The van der Waals surface area contributed by atoms with Gasteiger partial charge < -0.3 is 10.3 Å². The van der Waals surface area contributed by atoms with Gasteiger partial charge in [-0.15, -0.1) is 0 Å². The van der Waals surface area contributed by atoms with Crippen molar-refractivity contribution in [2.24, 2.45) is 5.73 Å². The molecule has 1 aromatic carbocycles. The lowest BCUT2D eigenvalue weighted by molar-refractivity contribution is -0.118. The smallest absolute Gasteiger partial charge is 0.232 e. The van der Waals surface area contributed by atoms with Crippen molar-refractivity contribution in [3.8, 4) is 0 Å². The van der Waals surface area contributed by atoms with E-state index in [1.807, 2.05) is 35.0 Å². The van der Waals surface area contributed by atoms with E-state index in [-0.39, 0.29) is 12.5 Å². The molecule has 1 unspecified atom stereocenters. The Balaban J connectivity index is 2.33. The lowest BCUT2D eigenvalue weighted by Crippen LogP contribution is -2.36. The largest absolute Gasteiger partial charge is 0.369 e. The molecular weight excluding hydrogens is 279 g/mol. The molecule has 1 aliphatic rings. The quantitative estimate of drug-likeness (QED) is 0.861. The summed E-state index contributed by atoms with van der Waals surface area (Å²) in [6.45, 7) is 1.60. The normalized spacial score (nSPS) is 25.5. The molecule has 1 amide bonds. The minimum atomic E-state index is -2.34. The molecule has 19 heavy (non-hydrogen) atoms. The molecule has 0 spiro atoms. The van der Waals surface area contributed by atoms with E-state index in [1.165, 1.54) is 0 Å². The number of hydrogen-bond acceptors (Lipinski definition) is 3. The SMILES string of the molecule is NC(=O)CN1CCCCCOP1(=S)c1ccccc1. The van der Waals surface area contributed by atoms with Crippen LogP contribution < -0.4 is 11.0 Å². The van der Waals surface area contributed by atoms with Crippen LogP contribution in [-0.2, 0) is 21.1 Å². The van der Waals surface area contributed by atoms with Crippen LogP contribution in [0.5, 0.6) is 0 Å². The minimum Gasteiger partial charge on any atom is -0.369 e. The van der Waals surface area contributed by atoms with Crippen LogP contribution in [0.4, 0.5) is 0 Å². The molecule has 0 aromatic heterocycles. The van der Waals surface area contributed by atoms with Crippen molar-refractivity contribution in [2.75, 3.05) is 19.7 Å². The van der Waals surface area contributed by atoms with Gasteiger partial charge in [0.1, 0.15) is 0 Å². The molecule has 0 saturated carbocycles. The molecule has 0 aliphatic carbocycles. The second-order valence-electron chi connectivity index (χ2n) is 4.60. The predicted molar refractivity (Wildman–Crippen MR) is 80.9 cm³/mol. The lowest BCUT2D eigenvalue weighted by Gasteiger charge is -2.35. The summed E-state index contributed by atoms with van der Waals surface area (Å²) in [5.74, 6) is -0.352. The van der Waals surface area contributed by atoms with Crippen LogP contribution in [0, 0.1) is 0 Å². The number of amides is 1. The first-order valence-electron chi connectivity index (χ1n) is 6.47. The number of benzene rings is 1. The predicted octanol–water partition coefficient (Wildman–Crippen LogP) is 1.61. The van der Waals surface area contributed by atoms with Crippen molar-refractivity contribution in [1.29, 1.82) is 0 Å². The van der Waals surface area contributed by atoms with Crippen molar-refractivity contribution in [1.82, 2.24) is 4.67 Å². The van der Waals surface area contributed by atoms with Crippen LogP contribution in [-0.4, -0.2) is 30.3 Å². The van der Waals surface area contributed by atoms with Crippen molar-refractivity contribution < 1.29 is 9.32 Å². The van der Waals surface area contributed by atoms with Crippen molar-refractivity contribution in [3.05, 3.63) is 30.3 Å². The number of rotatable bonds is 3. The third-order valence-corrected chi connectivity index (χ3v) is 7.33. The van der Waals surface area contributed by atoms with Gasteiger partial charge in [0.15, 0.2) is 6.42 Å². The van der Waals surface area contributed by atoms with Gasteiger partial charge >= 0.3 is 0 Å². The number of nitrogens with zero attached hydrogens (tertiary/aromatic N) is 1. The molecule has 0 bridgehead atoms. The van der Waals surface area contributed by atoms with E-state index >= 15 is 0 Å². The van der Waals surface area contributed by atoms with E-state index in [4.69, 9.17) is 22.1 Å². The highest BCUT2D eigenvalue weighted by atomic mass is 32.4. The Morgan fingerprint density at radius 3 is 2.74 bits per heavy atom. The van der Waals surface area contributed by atoms with E-state index in [2.05, 4.69) is 0 Å². The topological polar surface area (TPSA) is 55.6 Å². The maximum Gasteiger partial charge on any atom is 0.232 e. The van der Waals surface area contributed by atoms with Crippen LogP contribution >= 0.6 is 6.42 Å². The number of nitrogens with two attached hydrogens (primary N) is 1. The highest BCUT2D eigenvalue weighted by Crippen LogP contribution is 2.50. The van der Waals surface area contributed by atoms with E-state index in [0.717, 1.165) is 31.1 Å². The van der Waals surface area contributed by atoms with Crippen molar-refractivity contribution in [2.45, 2.75) is 19.3 Å². The molecule has 6 heteroatoms. The molecule has 1 saturated heterocycles. The fraction of sp³-hybridized carbons (Fsp3) is 0.462. The van der Waals surface area contributed by atoms with Gasteiger partial charge in [-0.05, 0) is 31.1 Å². The second-order valence-corrected chi connectivity index (χ2v) is 8.47. The zero-order valence-corrected chi connectivity index (χ0v) is 12.5. The molecular formula is C13H19N2O2PS. The first-order chi connectivity index (χ1) is 9.13. The van der Waals surface area contributed by atoms with Gasteiger partial charge in [-0.1, -0.05) is 30.3 Å². The summed E-state index contributed by atoms with van der Waals surface area (Å²) in [4.78, 5) is 11.3. The highest BCUT2D eigenvalue weighted by molar-refractivity contribution is 8.14. The van der Waals surface area contributed by atoms with Crippen molar-refractivity contribution >= 4 is 29.4 Å². The molecule has 1 aliphatic heterocycles. The van der Waals surface area contributed by atoms with E-state index in [0.29, 0.717) is 6.61 Å². The molecule has 0 radical (unpaired) electrons. The fourth-order valence-corrected chi connectivity index (χ4v) is 5.48. The average molecular weight is 298 g/mol. The van der Waals surface area contributed by atoms with Gasteiger partial charge in [0.25, 0.3) is 0 Å². The van der Waals surface area contributed by atoms with Gasteiger partial charge in [-0.2, -0.15) is 0 Å². The summed E-state index contributed by atoms with van der Waals surface area (Å²) in [6, 6.07) is 9.82. The van der Waals surface area contributed by atoms with Crippen LogP contribution in [0.2, 0.25) is 0 Å². The number of hydrogen-bond donors (Lipinski definition) is 1. The van der Waals surface area contributed by atoms with Gasteiger partial charge in [0, 0.05) is 11.8 Å². The Bertz CT molecular complexity index is 481. The molecule has 104 valence electrons. The maximum atomic E-state index is 11.3. The first-order valence-corrected chi connectivity index (χ1v) is 9.14. The molecule has 2 rings (SSSR count). The third-order valence-electron chi connectivity index (χ3n) is 3.12. The summed E-state index contributed by atoms with van der Waals surface area (Å²) in [5.41, 5.74) is 5.35. The fourth-order valence-electron chi connectivity index (χ4n) is 2.18. The Morgan fingerprint density at radius 2 is 2.05 bits per heavy atom. The maximum absolute atomic E-state index is 11.3. The average Bonchev–Trinajstić information content (AvgIpc) is 2.39. The van der Waals surface area contributed by atoms with Gasteiger partial charge in [0.2, 0.25) is 5.91 Å². The van der Waals surface area contributed by atoms with Gasteiger partial charge in [0.05, 0.1) is 13.2 Å². The van der Waals surface area contributed by atoms with Crippen LogP contribution in [0.25, 0.3) is 0 Å². The number of carbonyl (C=O) groups excluding carboxylic acids is 1. The molecule has 1 aromatic rings. The zero-order valence-electron chi connectivity index (χ0n) is 10.8. The lowest BCUT2D eigenvalue weighted by atomic mass is 10.2. The first kappa shape index (κ1) is 14.7. The van der Waals surface area contributed by atoms with Crippen LogP contribution in [0.15, 0.2) is 30.3 Å². The minimum absolute atomic E-state index is 0.173. The van der Waals surface area contributed by atoms with E-state index < -0.39 is 6.42 Å². The van der Waals surface area contributed by atoms with Gasteiger partial charge in [-0.25, -0.2) is 4.67 Å². The number of primary amides is 1. The van der Waals surface area contributed by atoms with Gasteiger partial charge in [-0.3, -0.25) is 4.79 Å². The van der Waals surface area contributed by atoms with Crippen LogP contribution in [0.1, 0.15) is 19.3 Å². The summed E-state index contributed by atoms with van der Waals surface area (Å²) in [5, 5.41) is 0.994.